The number of hydrogen-bond acceptors (Lipinski definition) is 2. The molecule has 0 unspecified atom stereocenters. The van der Waals surface area contributed by atoms with Crippen molar-refractivity contribution in [3.63, 3.8) is 0 Å². The lowest BCUT2D eigenvalue weighted by atomic mass is 9.86. The van der Waals surface area contributed by atoms with Crippen molar-refractivity contribution in [1.29, 1.82) is 0 Å². The molecule has 0 aromatic heterocycles. The zero-order valence-corrected chi connectivity index (χ0v) is 8.58. The monoisotopic (exact) mass is 183 g/mol. The van der Waals surface area contributed by atoms with Gasteiger partial charge in [0.05, 0.1) is 6.10 Å². The van der Waals surface area contributed by atoms with Gasteiger partial charge in [0, 0.05) is 12.1 Å². The van der Waals surface area contributed by atoms with E-state index < -0.39 is 0 Å². The van der Waals surface area contributed by atoms with E-state index in [2.05, 4.69) is 11.9 Å². The molecule has 0 heterocycles. The second kappa shape index (κ2) is 3.97. The minimum absolute atomic E-state index is 0.00830. The summed E-state index contributed by atoms with van der Waals surface area (Å²) in [5.74, 6) is 0. The van der Waals surface area contributed by atoms with Gasteiger partial charge in [0.25, 0.3) is 0 Å². The Labute approximate surface area is 80.9 Å². The molecule has 2 heteroatoms. The van der Waals surface area contributed by atoms with E-state index in [4.69, 9.17) is 0 Å². The topological polar surface area (TPSA) is 23.5 Å². The molecule has 2 saturated carbocycles. The maximum atomic E-state index is 9.40. The molecule has 1 N–H and O–H groups in total. The number of aliphatic hydroxyl groups excluding tert-OH is 1. The molecule has 0 atom stereocenters. The van der Waals surface area contributed by atoms with Crippen LogP contribution in [0.4, 0.5) is 0 Å². The van der Waals surface area contributed by atoms with Crippen molar-refractivity contribution in [2.45, 2.75) is 63.1 Å². The lowest BCUT2D eigenvalue weighted by molar-refractivity contribution is 0.0460. The molecule has 13 heavy (non-hydrogen) atoms. The van der Waals surface area contributed by atoms with Crippen molar-refractivity contribution in [3.8, 4) is 0 Å². The minimum Gasteiger partial charge on any atom is -0.393 e. The van der Waals surface area contributed by atoms with Gasteiger partial charge in [-0.25, -0.2) is 0 Å². The van der Waals surface area contributed by atoms with Crippen LogP contribution in [-0.4, -0.2) is 35.2 Å². The maximum Gasteiger partial charge on any atom is 0.0541 e. The first kappa shape index (κ1) is 9.47. The average Bonchev–Trinajstić information content (AvgIpc) is 2.02. The second-order valence-corrected chi connectivity index (χ2v) is 4.71. The molecule has 0 aromatic rings. The number of nitrogens with zero attached hydrogens (tertiary/aromatic N) is 1. The fraction of sp³-hybridized carbons (Fsp3) is 1.00. The van der Waals surface area contributed by atoms with Gasteiger partial charge in [-0.3, -0.25) is 0 Å². The van der Waals surface area contributed by atoms with Crippen LogP contribution in [0.1, 0.15) is 44.9 Å². The molecule has 0 bridgehead atoms. The number of rotatable bonds is 2. The molecule has 2 aliphatic rings. The molecule has 76 valence electrons. The predicted octanol–water partition coefficient (Wildman–Crippen LogP) is 1.77. The summed E-state index contributed by atoms with van der Waals surface area (Å²) in [4.78, 5) is 2.56. The Morgan fingerprint density at radius 3 is 1.92 bits per heavy atom. The van der Waals surface area contributed by atoms with E-state index >= 15 is 0 Å². The molecule has 0 saturated heterocycles. The number of hydrogen-bond donors (Lipinski definition) is 1. The summed E-state index contributed by atoms with van der Waals surface area (Å²) in [6, 6.07) is 1.62. The molecule has 0 radical (unpaired) electrons. The first-order chi connectivity index (χ1) is 6.27. The van der Waals surface area contributed by atoms with E-state index in [9.17, 15) is 5.11 Å². The fourth-order valence-electron chi connectivity index (χ4n) is 2.56. The van der Waals surface area contributed by atoms with E-state index in [0.29, 0.717) is 0 Å². The minimum atomic E-state index is -0.00830. The van der Waals surface area contributed by atoms with Crippen molar-refractivity contribution in [1.82, 2.24) is 4.90 Å². The highest BCUT2D eigenvalue weighted by molar-refractivity contribution is 4.85. The molecule has 0 aliphatic heterocycles. The van der Waals surface area contributed by atoms with Gasteiger partial charge >= 0.3 is 0 Å². The quantitative estimate of drug-likeness (QED) is 0.705. The van der Waals surface area contributed by atoms with E-state index in [-0.39, 0.29) is 6.10 Å². The van der Waals surface area contributed by atoms with Crippen LogP contribution in [0.2, 0.25) is 0 Å². The third kappa shape index (κ3) is 2.05. The normalized spacial score (nSPS) is 36.2. The van der Waals surface area contributed by atoms with Crippen LogP contribution in [0.3, 0.4) is 0 Å². The van der Waals surface area contributed by atoms with Gasteiger partial charge in [-0.2, -0.15) is 0 Å². The summed E-state index contributed by atoms with van der Waals surface area (Å²) in [6.45, 7) is 0. The van der Waals surface area contributed by atoms with Crippen LogP contribution in [-0.2, 0) is 0 Å². The Kier molecular flexibility index (Phi) is 2.89. The third-order valence-corrected chi connectivity index (χ3v) is 3.89. The standard InChI is InChI=1S/C11H21NO/c1-12(9-3-2-4-9)10-5-7-11(13)8-6-10/h9-11,13H,2-8H2,1H3. The summed E-state index contributed by atoms with van der Waals surface area (Å²) in [5, 5.41) is 9.40. The second-order valence-electron chi connectivity index (χ2n) is 4.71. The molecule has 2 nitrogen and oxygen atoms in total. The largest absolute Gasteiger partial charge is 0.393 e. The summed E-state index contributed by atoms with van der Waals surface area (Å²) in [7, 11) is 2.27. The van der Waals surface area contributed by atoms with Crippen molar-refractivity contribution < 1.29 is 5.11 Å². The van der Waals surface area contributed by atoms with Gasteiger partial charge in [0.2, 0.25) is 0 Å². The Morgan fingerprint density at radius 1 is 0.923 bits per heavy atom. The first-order valence-corrected chi connectivity index (χ1v) is 5.67. The van der Waals surface area contributed by atoms with Crippen molar-refractivity contribution >= 4 is 0 Å². The third-order valence-electron chi connectivity index (χ3n) is 3.89. The zero-order chi connectivity index (χ0) is 9.26. The molecule has 0 aromatic carbocycles. The summed E-state index contributed by atoms with van der Waals surface area (Å²) >= 11 is 0. The van der Waals surface area contributed by atoms with Crippen LogP contribution in [0.15, 0.2) is 0 Å². The molecule has 0 amide bonds. The van der Waals surface area contributed by atoms with Gasteiger partial charge in [0.1, 0.15) is 0 Å². The first-order valence-electron chi connectivity index (χ1n) is 5.67. The highest BCUT2D eigenvalue weighted by Crippen LogP contribution is 2.30. The van der Waals surface area contributed by atoms with E-state index in [1.165, 1.54) is 32.1 Å². The smallest absolute Gasteiger partial charge is 0.0541 e. The Morgan fingerprint density at radius 2 is 1.46 bits per heavy atom. The van der Waals surface area contributed by atoms with Crippen molar-refractivity contribution in [2.75, 3.05) is 7.05 Å². The summed E-state index contributed by atoms with van der Waals surface area (Å²) in [5.41, 5.74) is 0. The Balaban J connectivity index is 1.79. The van der Waals surface area contributed by atoms with Gasteiger partial charge in [-0.05, 0) is 45.6 Å². The fourth-order valence-corrected chi connectivity index (χ4v) is 2.56. The van der Waals surface area contributed by atoms with Crippen LogP contribution in [0, 0.1) is 0 Å². The van der Waals surface area contributed by atoms with Gasteiger partial charge in [0.15, 0.2) is 0 Å². The maximum absolute atomic E-state index is 9.40. The highest BCUT2D eigenvalue weighted by atomic mass is 16.3. The van der Waals surface area contributed by atoms with Gasteiger partial charge in [-0.15, -0.1) is 0 Å². The SMILES string of the molecule is CN(C1CCC1)C1CCC(O)CC1. The van der Waals surface area contributed by atoms with Crippen LogP contribution < -0.4 is 0 Å². The Hall–Kier alpha value is -0.0800. The lowest BCUT2D eigenvalue weighted by Crippen LogP contribution is -2.45. The zero-order valence-electron chi connectivity index (χ0n) is 8.58. The predicted molar refractivity (Wildman–Crippen MR) is 53.7 cm³/mol. The summed E-state index contributed by atoms with van der Waals surface area (Å²) < 4.78 is 0. The van der Waals surface area contributed by atoms with Crippen LogP contribution >= 0.6 is 0 Å². The molecule has 2 rings (SSSR count). The Bertz CT molecular complexity index is 159. The van der Waals surface area contributed by atoms with Crippen LogP contribution in [0.5, 0.6) is 0 Å². The molecular weight excluding hydrogens is 162 g/mol. The van der Waals surface area contributed by atoms with E-state index in [0.717, 1.165) is 24.9 Å². The molecule has 2 fully saturated rings. The van der Waals surface area contributed by atoms with Crippen molar-refractivity contribution in [3.05, 3.63) is 0 Å². The van der Waals surface area contributed by atoms with E-state index in [1.807, 2.05) is 0 Å². The van der Waals surface area contributed by atoms with Gasteiger partial charge < -0.3 is 10.0 Å². The summed E-state index contributed by atoms with van der Waals surface area (Å²) in [6.07, 6.45) is 8.65. The van der Waals surface area contributed by atoms with Gasteiger partial charge in [-0.1, -0.05) is 6.42 Å². The number of aliphatic hydroxyl groups is 1. The van der Waals surface area contributed by atoms with E-state index in [1.54, 1.807) is 0 Å². The van der Waals surface area contributed by atoms with Crippen LogP contribution in [0.25, 0.3) is 0 Å². The molecular formula is C11H21NO. The molecule has 0 spiro atoms. The lowest BCUT2D eigenvalue weighted by Gasteiger charge is -2.42. The molecule has 2 aliphatic carbocycles. The highest BCUT2D eigenvalue weighted by Gasteiger charge is 2.29. The average molecular weight is 183 g/mol. The van der Waals surface area contributed by atoms with Crippen molar-refractivity contribution in [2.24, 2.45) is 0 Å².